The average molecular weight is 280 g/mol. The van der Waals surface area contributed by atoms with Crippen molar-refractivity contribution in [2.45, 2.75) is 57.2 Å². The van der Waals surface area contributed by atoms with Crippen LogP contribution < -0.4 is 10.2 Å². The lowest BCUT2D eigenvalue weighted by Gasteiger charge is -2.50. The molecule has 20 heavy (non-hydrogen) atoms. The largest absolute Gasteiger partial charge is 0.363 e. The Bertz CT molecular complexity index is 464. The van der Waals surface area contributed by atoms with E-state index in [0.29, 0.717) is 23.8 Å². The number of halogens is 2. The van der Waals surface area contributed by atoms with Crippen LogP contribution in [-0.2, 0) is 0 Å². The van der Waals surface area contributed by atoms with Crippen LogP contribution in [0.15, 0.2) is 18.2 Å². The number of anilines is 1. The van der Waals surface area contributed by atoms with Crippen molar-refractivity contribution in [3.8, 4) is 0 Å². The molecule has 3 rings (SSSR count). The lowest BCUT2D eigenvalue weighted by molar-refractivity contribution is 0.245. The van der Waals surface area contributed by atoms with Gasteiger partial charge in [0, 0.05) is 24.2 Å². The van der Waals surface area contributed by atoms with Crippen LogP contribution in [0.1, 0.15) is 39.0 Å². The Labute approximate surface area is 119 Å². The predicted molar refractivity (Wildman–Crippen MR) is 77.0 cm³/mol. The number of nitrogens with one attached hydrogen (secondary N) is 1. The van der Waals surface area contributed by atoms with Crippen LogP contribution in [0.5, 0.6) is 0 Å². The zero-order valence-electron chi connectivity index (χ0n) is 11.9. The van der Waals surface area contributed by atoms with E-state index in [1.165, 1.54) is 24.6 Å². The molecule has 0 saturated carbocycles. The maximum absolute atomic E-state index is 14.1. The van der Waals surface area contributed by atoms with E-state index in [1.807, 2.05) is 0 Å². The van der Waals surface area contributed by atoms with Gasteiger partial charge >= 0.3 is 0 Å². The smallest absolute Gasteiger partial charge is 0.146 e. The average Bonchev–Trinajstić information content (AvgIpc) is 2.41. The molecule has 1 N–H and O–H groups in total. The molecule has 2 nitrogen and oxygen atoms in total. The Morgan fingerprint density at radius 3 is 2.55 bits per heavy atom. The van der Waals surface area contributed by atoms with Gasteiger partial charge in [-0.1, -0.05) is 6.92 Å². The third kappa shape index (κ3) is 2.53. The van der Waals surface area contributed by atoms with Gasteiger partial charge in [0.2, 0.25) is 0 Å². The zero-order valence-corrected chi connectivity index (χ0v) is 11.9. The first-order valence-corrected chi connectivity index (χ1v) is 7.65. The van der Waals surface area contributed by atoms with E-state index in [9.17, 15) is 8.78 Å². The van der Waals surface area contributed by atoms with E-state index in [0.717, 1.165) is 32.2 Å². The van der Waals surface area contributed by atoms with Gasteiger partial charge in [0.15, 0.2) is 0 Å². The maximum atomic E-state index is 14.1. The minimum absolute atomic E-state index is 0.301. The molecule has 2 heterocycles. The van der Waals surface area contributed by atoms with Gasteiger partial charge in [0.25, 0.3) is 0 Å². The normalized spacial score (nSPS) is 29.6. The lowest BCUT2D eigenvalue weighted by Crippen LogP contribution is -2.56. The van der Waals surface area contributed by atoms with Crippen LogP contribution in [0.25, 0.3) is 0 Å². The highest BCUT2D eigenvalue weighted by molar-refractivity contribution is 5.51. The molecule has 0 aliphatic carbocycles. The summed E-state index contributed by atoms with van der Waals surface area (Å²) in [4.78, 5) is 2.15. The molecule has 2 aliphatic heterocycles. The lowest BCUT2D eigenvalue weighted by atomic mass is 9.81. The molecule has 110 valence electrons. The van der Waals surface area contributed by atoms with Crippen molar-refractivity contribution in [1.82, 2.24) is 5.32 Å². The molecule has 0 amide bonds. The minimum atomic E-state index is -0.353. The van der Waals surface area contributed by atoms with E-state index >= 15 is 0 Å². The monoisotopic (exact) mass is 280 g/mol. The highest BCUT2D eigenvalue weighted by atomic mass is 19.1. The Morgan fingerprint density at radius 2 is 1.90 bits per heavy atom. The Morgan fingerprint density at radius 1 is 1.20 bits per heavy atom. The summed E-state index contributed by atoms with van der Waals surface area (Å²) < 4.78 is 27.6. The fraction of sp³-hybridized carbons (Fsp3) is 0.625. The highest BCUT2D eigenvalue weighted by Crippen LogP contribution is 2.38. The Balaban J connectivity index is 1.88. The summed E-state index contributed by atoms with van der Waals surface area (Å²) in [5.74, 6) is -0.654. The van der Waals surface area contributed by atoms with Crippen LogP contribution in [0.4, 0.5) is 14.5 Å². The van der Waals surface area contributed by atoms with Gasteiger partial charge < -0.3 is 10.2 Å². The van der Waals surface area contributed by atoms with Crippen LogP contribution in [0, 0.1) is 11.6 Å². The summed E-state index contributed by atoms with van der Waals surface area (Å²) in [5, 5.41) is 3.52. The fourth-order valence-corrected chi connectivity index (χ4v) is 3.91. The van der Waals surface area contributed by atoms with Crippen molar-refractivity contribution in [3.63, 3.8) is 0 Å². The third-order valence-electron chi connectivity index (χ3n) is 4.65. The van der Waals surface area contributed by atoms with Gasteiger partial charge in [-0.05, 0) is 50.8 Å². The van der Waals surface area contributed by atoms with Crippen molar-refractivity contribution in [2.24, 2.45) is 0 Å². The summed E-state index contributed by atoms with van der Waals surface area (Å²) >= 11 is 0. The summed E-state index contributed by atoms with van der Waals surface area (Å²) in [6.45, 7) is 3.09. The maximum Gasteiger partial charge on any atom is 0.146 e. The molecule has 0 aromatic heterocycles. The van der Waals surface area contributed by atoms with Crippen LogP contribution in [0.3, 0.4) is 0 Å². The van der Waals surface area contributed by atoms with Gasteiger partial charge in [-0.15, -0.1) is 0 Å². The first-order chi connectivity index (χ1) is 9.69. The molecule has 1 aromatic carbocycles. The molecule has 2 atom stereocenters. The van der Waals surface area contributed by atoms with E-state index in [2.05, 4.69) is 17.1 Å². The van der Waals surface area contributed by atoms with Crippen LogP contribution >= 0.6 is 0 Å². The van der Waals surface area contributed by atoms with Gasteiger partial charge in [-0.25, -0.2) is 8.78 Å². The number of nitrogens with zero attached hydrogens (tertiary/aromatic N) is 1. The molecule has 2 unspecified atom stereocenters. The van der Waals surface area contributed by atoms with E-state index in [4.69, 9.17) is 0 Å². The summed E-state index contributed by atoms with van der Waals surface area (Å²) in [5.41, 5.74) is 0.453. The van der Waals surface area contributed by atoms with E-state index in [-0.39, 0.29) is 11.6 Å². The van der Waals surface area contributed by atoms with Crippen molar-refractivity contribution < 1.29 is 8.78 Å². The molecule has 0 radical (unpaired) electrons. The second-order valence-electron chi connectivity index (χ2n) is 5.97. The molecule has 0 spiro atoms. The van der Waals surface area contributed by atoms with Crippen molar-refractivity contribution in [1.29, 1.82) is 0 Å². The summed E-state index contributed by atoms with van der Waals surface area (Å²) in [6.07, 6.45) is 5.41. The minimum Gasteiger partial charge on any atom is -0.363 e. The molecular weight excluding hydrogens is 258 g/mol. The summed E-state index contributed by atoms with van der Waals surface area (Å²) in [6, 6.07) is 4.99. The number of hydrogen-bond donors (Lipinski definition) is 1. The molecule has 2 bridgehead atoms. The number of hydrogen-bond acceptors (Lipinski definition) is 2. The molecular formula is C16H22F2N2. The number of benzene rings is 1. The van der Waals surface area contributed by atoms with Gasteiger partial charge in [0.1, 0.15) is 11.6 Å². The van der Waals surface area contributed by atoms with Gasteiger partial charge in [0.05, 0.1) is 5.69 Å². The highest BCUT2D eigenvalue weighted by Gasteiger charge is 2.39. The Kier molecular flexibility index (Phi) is 3.92. The molecule has 1 aromatic rings. The second kappa shape index (κ2) is 5.68. The zero-order chi connectivity index (χ0) is 14.1. The SMILES string of the molecule is CCNC1CC2CCCC(C1)N2c1cc(F)ccc1F. The molecule has 2 fully saturated rings. The molecule has 2 aliphatic rings. The Hall–Kier alpha value is -1.16. The third-order valence-corrected chi connectivity index (χ3v) is 4.65. The predicted octanol–water partition coefficient (Wildman–Crippen LogP) is 3.46. The van der Waals surface area contributed by atoms with Crippen molar-refractivity contribution in [2.75, 3.05) is 11.4 Å². The van der Waals surface area contributed by atoms with E-state index < -0.39 is 0 Å². The number of fused-ring (bicyclic) bond motifs is 2. The first-order valence-electron chi connectivity index (χ1n) is 7.65. The quantitative estimate of drug-likeness (QED) is 0.912. The first kappa shape index (κ1) is 13.8. The van der Waals surface area contributed by atoms with Crippen LogP contribution in [-0.4, -0.2) is 24.7 Å². The topological polar surface area (TPSA) is 15.3 Å². The van der Waals surface area contributed by atoms with Crippen molar-refractivity contribution >= 4 is 5.69 Å². The number of rotatable bonds is 3. The fourth-order valence-electron chi connectivity index (χ4n) is 3.91. The van der Waals surface area contributed by atoms with Gasteiger partial charge in [-0.2, -0.15) is 0 Å². The van der Waals surface area contributed by atoms with Gasteiger partial charge in [-0.3, -0.25) is 0 Å². The standard InChI is InChI=1S/C16H22F2N2/c1-2-19-12-9-13-4-3-5-14(10-12)20(13)16-8-11(17)6-7-15(16)18/h6-8,12-14,19H,2-5,9-10H2,1H3. The number of piperidine rings is 2. The van der Waals surface area contributed by atoms with Crippen LogP contribution in [0.2, 0.25) is 0 Å². The molecule has 2 saturated heterocycles. The summed E-state index contributed by atoms with van der Waals surface area (Å²) in [7, 11) is 0. The second-order valence-corrected chi connectivity index (χ2v) is 5.97. The molecule has 4 heteroatoms. The van der Waals surface area contributed by atoms with Crippen molar-refractivity contribution in [3.05, 3.63) is 29.8 Å². The van der Waals surface area contributed by atoms with E-state index in [1.54, 1.807) is 0 Å².